The van der Waals surface area contributed by atoms with Gasteiger partial charge in [0.05, 0.1) is 0 Å². The van der Waals surface area contributed by atoms with Crippen LogP contribution in [0.25, 0.3) is 0 Å². The first kappa shape index (κ1) is 9.23. The molecule has 72 valence electrons. The highest BCUT2D eigenvalue weighted by Crippen LogP contribution is 2.19. The lowest BCUT2D eigenvalue weighted by Crippen LogP contribution is -2.00. The lowest BCUT2D eigenvalue weighted by molar-refractivity contribution is 0.215. The number of nitrogens with zero attached hydrogens (tertiary/aromatic N) is 3. The predicted octanol–water partition coefficient (Wildman–Crippen LogP) is 1.32. The van der Waals surface area contributed by atoms with E-state index in [1.807, 2.05) is 19.1 Å². The van der Waals surface area contributed by atoms with Crippen molar-refractivity contribution >= 4 is 11.5 Å². The fourth-order valence-corrected chi connectivity index (χ4v) is 1.58. The second kappa shape index (κ2) is 3.81. The Morgan fingerprint density at radius 2 is 2.29 bits per heavy atom. The maximum absolute atomic E-state index is 9.84. The van der Waals surface area contributed by atoms with Gasteiger partial charge in [-0.2, -0.15) is 0 Å². The minimum atomic E-state index is -0.721. The summed E-state index contributed by atoms with van der Waals surface area (Å²) in [5.74, 6) is 0. The van der Waals surface area contributed by atoms with Crippen molar-refractivity contribution in [1.29, 1.82) is 0 Å². The first-order valence-electron chi connectivity index (χ1n) is 4.15. The molecule has 0 saturated carbocycles. The van der Waals surface area contributed by atoms with E-state index >= 15 is 0 Å². The Balaban J connectivity index is 2.28. The number of aromatic nitrogens is 3. The number of hydrogen-bond donors (Lipinski definition) is 1. The third-order valence-electron chi connectivity index (χ3n) is 1.91. The Morgan fingerprint density at radius 3 is 2.86 bits per heavy atom. The molecule has 0 aromatic carbocycles. The zero-order valence-electron chi connectivity index (χ0n) is 7.58. The molecule has 0 radical (unpaired) electrons. The topological polar surface area (TPSA) is 58.9 Å². The number of aliphatic hydroxyl groups excluding tert-OH is 1. The Morgan fingerprint density at radius 1 is 1.43 bits per heavy atom. The van der Waals surface area contributed by atoms with Crippen molar-refractivity contribution in [2.75, 3.05) is 0 Å². The molecule has 5 heteroatoms. The van der Waals surface area contributed by atoms with E-state index in [1.54, 1.807) is 11.6 Å². The molecule has 1 unspecified atom stereocenters. The van der Waals surface area contributed by atoms with E-state index in [0.29, 0.717) is 5.69 Å². The molecule has 1 atom stereocenters. The number of aliphatic hydroxyl groups is 1. The molecule has 2 aromatic rings. The summed E-state index contributed by atoms with van der Waals surface area (Å²) in [6, 6.07) is 3.70. The van der Waals surface area contributed by atoms with Gasteiger partial charge in [0.2, 0.25) is 0 Å². The summed E-state index contributed by atoms with van der Waals surface area (Å²) in [6.07, 6.45) is 0.932. The van der Waals surface area contributed by atoms with E-state index in [9.17, 15) is 5.11 Å². The predicted molar refractivity (Wildman–Crippen MR) is 52.9 cm³/mol. The molecule has 0 aliphatic rings. The largest absolute Gasteiger partial charge is 0.382 e. The van der Waals surface area contributed by atoms with Crippen LogP contribution in [0.5, 0.6) is 0 Å². The quantitative estimate of drug-likeness (QED) is 0.807. The molecule has 0 fully saturated rings. The van der Waals surface area contributed by atoms with Crippen molar-refractivity contribution in [3.8, 4) is 0 Å². The molecule has 0 bridgehead atoms. The molecule has 0 aliphatic carbocycles. The minimum absolute atomic E-state index is 0.570. The summed E-state index contributed by atoms with van der Waals surface area (Å²) in [4.78, 5) is 4.11. The summed E-state index contributed by atoms with van der Waals surface area (Å²) < 4.78 is 3.70. The fourth-order valence-electron chi connectivity index (χ4n) is 1.10. The molecule has 2 rings (SSSR count). The van der Waals surface area contributed by atoms with Gasteiger partial charge in [-0.25, -0.2) is 0 Å². The van der Waals surface area contributed by atoms with Crippen LogP contribution in [0, 0.1) is 6.92 Å². The Bertz CT molecular complexity index is 399. The zero-order chi connectivity index (χ0) is 9.97. The Kier molecular flexibility index (Phi) is 2.51. The minimum Gasteiger partial charge on any atom is -0.382 e. The molecule has 0 spiro atoms. The molecule has 0 saturated heterocycles. The number of rotatable bonds is 2. The third-order valence-corrected chi connectivity index (χ3v) is 2.43. The molecule has 14 heavy (non-hydrogen) atoms. The van der Waals surface area contributed by atoms with Gasteiger partial charge in [0.15, 0.2) is 0 Å². The first-order chi connectivity index (χ1) is 6.77. The van der Waals surface area contributed by atoms with E-state index in [-0.39, 0.29) is 0 Å². The molecule has 2 heterocycles. The van der Waals surface area contributed by atoms with Crippen LogP contribution in [0.15, 0.2) is 23.7 Å². The van der Waals surface area contributed by atoms with E-state index in [4.69, 9.17) is 0 Å². The van der Waals surface area contributed by atoms with Crippen molar-refractivity contribution < 1.29 is 5.11 Å². The van der Waals surface area contributed by atoms with Crippen LogP contribution >= 0.6 is 11.5 Å². The monoisotopic (exact) mass is 207 g/mol. The van der Waals surface area contributed by atoms with Crippen LogP contribution < -0.4 is 0 Å². The molecular weight excluding hydrogens is 198 g/mol. The standard InChI is InChI=1S/C9H9N3OS/c1-6-2-3-7(4-10-6)9(13)8-5-14-12-11-8/h2-5,9,13H,1H3. The molecular formula is C9H9N3OS. The first-order valence-corrected chi connectivity index (χ1v) is 4.98. The van der Waals surface area contributed by atoms with Gasteiger partial charge in [-0.05, 0) is 24.5 Å². The molecule has 1 N–H and O–H groups in total. The van der Waals surface area contributed by atoms with Crippen LogP contribution in [-0.4, -0.2) is 19.7 Å². The van der Waals surface area contributed by atoms with Crippen molar-refractivity contribution in [3.63, 3.8) is 0 Å². The van der Waals surface area contributed by atoms with Crippen LogP contribution in [0.2, 0.25) is 0 Å². The van der Waals surface area contributed by atoms with Crippen LogP contribution in [-0.2, 0) is 0 Å². The van der Waals surface area contributed by atoms with Gasteiger partial charge in [-0.3, -0.25) is 4.98 Å². The summed E-state index contributed by atoms with van der Waals surface area (Å²) in [6.45, 7) is 1.90. The van der Waals surface area contributed by atoms with Crippen molar-refractivity contribution in [2.45, 2.75) is 13.0 Å². The van der Waals surface area contributed by atoms with Crippen LogP contribution in [0.4, 0.5) is 0 Å². The van der Waals surface area contributed by atoms with Crippen molar-refractivity contribution in [2.24, 2.45) is 0 Å². The summed E-state index contributed by atoms with van der Waals surface area (Å²) in [5, 5.41) is 15.4. The second-order valence-corrected chi connectivity index (χ2v) is 3.58. The average molecular weight is 207 g/mol. The van der Waals surface area contributed by atoms with E-state index in [0.717, 1.165) is 11.3 Å². The average Bonchev–Trinajstić information content (AvgIpc) is 2.71. The normalized spacial score (nSPS) is 12.7. The molecule has 4 nitrogen and oxygen atoms in total. The lowest BCUT2D eigenvalue weighted by atomic mass is 10.1. The van der Waals surface area contributed by atoms with Gasteiger partial charge in [-0.1, -0.05) is 10.6 Å². The highest BCUT2D eigenvalue weighted by Gasteiger charge is 2.12. The van der Waals surface area contributed by atoms with Gasteiger partial charge in [0.1, 0.15) is 11.8 Å². The van der Waals surface area contributed by atoms with Gasteiger partial charge in [0, 0.05) is 22.8 Å². The second-order valence-electron chi connectivity index (χ2n) is 2.97. The highest BCUT2D eigenvalue weighted by atomic mass is 32.1. The van der Waals surface area contributed by atoms with Crippen LogP contribution in [0.1, 0.15) is 23.1 Å². The molecule has 0 amide bonds. The molecule has 0 aliphatic heterocycles. The summed E-state index contributed by atoms with van der Waals surface area (Å²) in [7, 11) is 0. The zero-order valence-corrected chi connectivity index (χ0v) is 8.40. The Hall–Kier alpha value is -1.33. The highest BCUT2D eigenvalue weighted by molar-refractivity contribution is 7.03. The molecule has 2 aromatic heterocycles. The van der Waals surface area contributed by atoms with Crippen LogP contribution in [0.3, 0.4) is 0 Å². The van der Waals surface area contributed by atoms with E-state index in [1.165, 1.54) is 11.5 Å². The van der Waals surface area contributed by atoms with E-state index in [2.05, 4.69) is 14.6 Å². The fraction of sp³-hybridized carbons (Fsp3) is 0.222. The summed E-state index contributed by atoms with van der Waals surface area (Å²) >= 11 is 1.22. The van der Waals surface area contributed by atoms with Gasteiger partial charge in [-0.15, -0.1) is 5.10 Å². The summed E-state index contributed by atoms with van der Waals surface area (Å²) in [5.41, 5.74) is 2.24. The van der Waals surface area contributed by atoms with Gasteiger partial charge in [0.25, 0.3) is 0 Å². The SMILES string of the molecule is Cc1ccc(C(O)c2csnn2)cn1. The van der Waals surface area contributed by atoms with E-state index < -0.39 is 6.10 Å². The number of hydrogen-bond acceptors (Lipinski definition) is 5. The smallest absolute Gasteiger partial charge is 0.125 e. The van der Waals surface area contributed by atoms with Gasteiger partial charge >= 0.3 is 0 Å². The maximum Gasteiger partial charge on any atom is 0.125 e. The lowest BCUT2D eigenvalue weighted by Gasteiger charge is -2.06. The van der Waals surface area contributed by atoms with Crippen molar-refractivity contribution in [3.05, 3.63) is 40.7 Å². The Labute approximate surface area is 85.4 Å². The number of aryl methyl sites for hydroxylation is 1. The maximum atomic E-state index is 9.84. The number of pyridine rings is 1. The third kappa shape index (κ3) is 1.78. The van der Waals surface area contributed by atoms with Crippen molar-refractivity contribution in [1.82, 2.24) is 14.6 Å². The van der Waals surface area contributed by atoms with Gasteiger partial charge < -0.3 is 5.11 Å².